The van der Waals surface area contributed by atoms with Gasteiger partial charge in [0.1, 0.15) is 0 Å². The number of nitrogens with one attached hydrogen (secondary N) is 2. The lowest BCUT2D eigenvalue weighted by Gasteiger charge is -2.34. The van der Waals surface area contributed by atoms with Gasteiger partial charge in [-0.2, -0.15) is 0 Å². The van der Waals surface area contributed by atoms with Gasteiger partial charge in [-0.25, -0.2) is 9.97 Å². The van der Waals surface area contributed by atoms with Gasteiger partial charge in [0, 0.05) is 17.9 Å². The molecular formula is C13H22N4. The third kappa shape index (κ3) is 3.40. The van der Waals surface area contributed by atoms with E-state index < -0.39 is 0 Å². The molecule has 2 heterocycles. The van der Waals surface area contributed by atoms with Crippen LogP contribution in [0.15, 0.2) is 6.07 Å². The van der Waals surface area contributed by atoms with Crippen molar-refractivity contribution in [2.75, 3.05) is 25.0 Å². The van der Waals surface area contributed by atoms with Crippen LogP contribution in [0.4, 0.5) is 5.95 Å². The number of nitrogens with zero attached hydrogens (tertiary/aromatic N) is 2. The Kier molecular flexibility index (Phi) is 3.62. The highest BCUT2D eigenvalue weighted by molar-refractivity contribution is 5.28. The summed E-state index contributed by atoms with van der Waals surface area (Å²) in [4.78, 5) is 8.82. The molecule has 1 aliphatic heterocycles. The molecule has 0 bridgehead atoms. The van der Waals surface area contributed by atoms with Gasteiger partial charge in [-0.05, 0) is 51.3 Å². The number of aromatic nitrogens is 2. The average Bonchev–Trinajstić information content (AvgIpc) is 2.26. The molecule has 0 aromatic carbocycles. The Morgan fingerprint density at radius 3 is 2.41 bits per heavy atom. The topological polar surface area (TPSA) is 49.8 Å². The number of piperidine rings is 1. The van der Waals surface area contributed by atoms with E-state index in [2.05, 4.69) is 27.5 Å². The second-order valence-electron chi connectivity index (χ2n) is 5.39. The second kappa shape index (κ2) is 5.00. The van der Waals surface area contributed by atoms with Gasteiger partial charge in [0.2, 0.25) is 5.95 Å². The van der Waals surface area contributed by atoms with E-state index in [4.69, 9.17) is 0 Å². The summed E-state index contributed by atoms with van der Waals surface area (Å²) < 4.78 is 0. The SMILES string of the molecule is Cc1cc(C)nc(NCC2(C)CCNCC2)n1. The first-order chi connectivity index (χ1) is 8.07. The van der Waals surface area contributed by atoms with Crippen molar-refractivity contribution in [2.24, 2.45) is 5.41 Å². The Morgan fingerprint density at radius 1 is 1.24 bits per heavy atom. The molecule has 0 amide bonds. The summed E-state index contributed by atoms with van der Waals surface area (Å²) in [6.45, 7) is 9.54. The Hall–Kier alpha value is -1.16. The molecule has 4 heteroatoms. The summed E-state index contributed by atoms with van der Waals surface area (Å²) in [6, 6.07) is 2.00. The Balaban J connectivity index is 1.96. The van der Waals surface area contributed by atoms with E-state index in [9.17, 15) is 0 Å². The van der Waals surface area contributed by atoms with Gasteiger partial charge in [0.15, 0.2) is 0 Å². The number of hydrogen-bond acceptors (Lipinski definition) is 4. The highest BCUT2D eigenvalue weighted by Gasteiger charge is 2.26. The van der Waals surface area contributed by atoms with Gasteiger partial charge in [0.05, 0.1) is 0 Å². The van der Waals surface area contributed by atoms with Crippen LogP contribution in [0, 0.1) is 19.3 Å². The lowest BCUT2D eigenvalue weighted by Crippen LogP contribution is -2.39. The van der Waals surface area contributed by atoms with E-state index in [1.165, 1.54) is 12.8 Å². The third-order valence-electron chi connectivity index (χ3n) is 3.47. The molecule has 0 spiro atoms. The second-order valence-corrected chi connectivity index (χ2v) is 5.39. The molecule has 94 valence electrons. The zero-order valence-corrected chi connectivity index (χ0v) is 11.0. The lowest BCUT2D eigenvalue weighted by molar-refractivity contribution is 0.247. The molecule has 0 aliphatic carbocycles. The molecule has 0 unspecified atom stereocenters. The van der Waals surface area contributed by atoms with Gasteiger partial charge < -0.3 is 10.6 Å². The minimum atomic E-state index is 0.367. The summed E-state index contributed by atoms with van der Waals surface area (Å²) in [7, 11) is 0. The van der Waals surface area contributed by atoms with E-state index in [0.29, 0.717) is 5.41 Å². The molecular weight excluding hydrogens is 212 g/mol. The van der Waals surface area contributed by atoms with Crippen LogP contribution in [-0.2, 0) is 0 Å². The summed E-state index contributed by atoms with van der Waals surface area (Å²) in [6.07, 6.45) is 2.43. The molecule has 1 saturated heterocycles. The third-order valence-corrected chi connectivity index (χ3v) is 3.47. The lowest BCUT2D eigenvalue weighted by atomic mass is 9.81. The normalized spacial score (nSPS) is 19.0. The van der Waals surface area contributed by atoms with Gasteiger partial charge in [-0.1, -0.05) is 6.92 Å². The molecule has 2 rings (SSSR count). The van der Waals surface area contributed by atoms with Gasteiger partial charge >= 0.3 is 0 Å². The fraction of sp³-hybridized carbons (Fsp3) is 0.692. The zero-order chi connectivity index (χ0) is 12.3. The van der Waals surface area contributed by atoms with Crippen LogP contribution in [0.5, 0.6) is 0 Å². The molecule has 4 nitrogen and oxygen atoms in total. The maximum Gasteiger partial charge on any atom is 0.223 e. The highest BCUT2D eigenvalue weighted by Crippen LogP contribution is 2.27. The number of rotatable bonds is 3. The molecule has 1 aromatic heterocycles. The van der Waals surface area contributed by atoms with Crippen LogP contribution >= 0.6 is 0 Å². The predicted octanol–water partition coefficient (Wildman–Crippen LogP) is 1.90. The molecule has 0 saturated carbocycles. The maximum atomic E-state index is 4.41. The fourth-order valence-corrected chi connectivity index (χ4v) is 2.30. The van der Waals surface area contributed by atoms with Gasteiger partial charge in [-0.15, -0.1) is 0 Å². The first-order valence-corrected chi connectivity index (χ1v) is 6.34. The van der Waals surface area contributed by atoms with E-state index in [0.717, 1.165) is 37.0 Å². The molecule has 0 atom stereocenters. The summed E-state index contributed by atoms with van der Waals surface area (Å²) in [5.74, 6) is 0.766. The van der Waals surface area contributed by atoms with Crippen LogP contribution in [0.25, 0.3) is 0 Å². The first-order valence-electron chi connectivity index (χ1n) is 6.34. The van der Waals surface area contributed by atoms with Crippen molar-refractivity contribution in [3.05, 3.63) is 17.5 Å². The molecule has 0 radical (unpaired) electrons. The largest absolute Gasteiger partial charge is 0.354 e. The van der Waals surface area contributed by atoms with Crippen LogP contribution in [0.3, 0.4) is 0 Å². The zero-order valence-electron chi connectivity index (χ0n) is 11.0. The van der Waals surface area contributed by atoms with E-state index in [1.807, 2.05) is 19.9 Å². The van der Waals surface area contributed by atoms with E-state index in [1.54, 1.807) is 0 Å². The monoisotopic (exact) mass is 234 g/mol. The number of hydrogen-bond donors (Lipinski definition) is 2. The van der Waals surface area contributed by atoms with Crippen molar-refractivity contribution in [3.8, 4) is 0 Å². The molecule has 1 fully saturated rings. The van der Waals surface area contributed by atoms with Crippen molar-refractivity contribution in [1.82, 2.24) is 15.3 Å². The van der Waals surface area contributed by atoms with E-state index >= 15 is 0 Å². The fourth-order valence-electron chi connectivity index (χ4n) is 2.30. The number of anilines is 1. The van der Waals surface area contributed by atoms with Gasteiger partial charge in [0.25, 0.3) is 0 Å². The molecule has 2 N–H and O–H groups in total. The summed E-state index contributed by atoms with van der Waals surface area (Å²) in [5, 5.41) is 6.78. The van der Waals surface area contributed by atoms with Crippen LogP contribution < -0.4 is 10.6 Å². The minimum Gasteiger partial charge on any atom is -0.354 e. The van der Waals surface area contributed by atoms with Crippen molar-refractivity contribution in [2.45, 2.75) is 33.6 Å². The highest BCUT2D eigenvalue weighted by atomic mass is 15.1. The van der Waals surface area contributed by atoms with Crippen LogP contribution in [-0.4, -0.2) is 29.6 Å². The standard InChI is InChI=1S/C13H22N4/c1-10-8-11(2)17-12(16-10)15-9-13(3)4-6-14-7-5-13/h8,14H,4-7,9H2,1-3H3,(H,15,16,17). The van der Waals surface area contributed by atoms with E-state index in [-0.39, 0.29) is 0 Å². The van der Waals surface area contributed by atoms with Crippen molar-refractivity contribution in [3.63, 3.8) is 0 Å². The Morgan fingerprint density at radius 2 is 1.82 bits per heavy atom. The van der Waals surface area contributed by atoms with Crippen molar-refractivity contribution in [1.29, 1.82) is 0 Å². The summed E-state index contributed by atoms with van der Waals surface area (Å²) in [5.41, 5.74) is 2.41. The van der Waals surface area contributed by atoms with Crippen LogP contribution in [0.2, 0.25) is 0 Å². The minimum absolute atomic E-state index is 0.367. The van der Waals surface area contributed by atoms with Crippen LogP contribution in [0.1, 0.15) is 31.2 Å². The first kappa shape index (κ1) is 12.3. The average molecular weight is 234 g/mol. The summed E-state index contributed by atoms with van der Waals surface area (Å²) >= 11 is 0. The maximum absolute atomic E-state index is 4.41. The molecule has 17 heavy (non-hydrogen) atoms. The predicted molar refractivity (Wildman–Crippen MR) is 70.2 cm³/mol. The van der Waals surface area contributed by atoms with Gasteiger partial charge in [-0.3, -0.25) is 0 Å². The quantitative estimate of drug-likeness (QED) is 0.838. The molecule has 1 aromatic rings. The van der Waals surface area contributed by atoms with Crippen molar-refractivity contribution >= 4 is 5.95 Å². The number of aryl methyl sites for hydroxylation is 2. The molecule has 1 aliphatic rings. The Bertz CT molecular complexity index is 363. The van der Waals surface area contributed by atoms with Crippen molar-refractivity contribution < 1.29 is 0 Å². The smallest absolute Gasteiger partial charge is 0.223 e. The Labute approximate surface area is 103 Å².